The monoisotopic (exact) mass is 290 g/mol. The number of alkyl halides is 2. The first-order valence-electron chi connectivity index (χ1n) is 7.72. The van der Waals surface area contributed by atoms with Gasteiger partial charge < -0.3 is 0 Å². The van der Waals surface area contributed by atoms with Gasteiger partial charge in [0.1, 0.15) is 0 Å². The second-order valence-electron chi connectivity index (χ2n) is 3.62. The highest BCUT2D eigenvalue weighted by Gasteiger charge is 2.28. The maximum absolute atomic E-state index is 13.2. The van der Waals surface area contributed by atoms with E-state index in [9.17, 15) is 8.78 Å². The summed E-state index contributed by atoms with van der Waals surface area (Å²) in [4.78, 5) is 0. The molecule has 0 nitrogen and oxygen atoms in total. The van der Waals surface area contributed by atoms with Gasteiger partial charge in [0.25, 0.3) is 5.92 Å². The number of hydrogen-bond donors (Lipinski definition) is 0. The van der Waals surface area contributed by atoms with Crippen molar-refractivity contribution in [2.45, 2.75) is 75.2 Å². The molecule has 0 aliphatic rings. The zero-order valence-electron chi connectivity index (χ0n) is 15.3. The molecule has 0 saturated heterocycles. The van der Waals surface area contributed by atoms with E-state index >= 15 is 0 Å². The normalized spacial score (nSPS) is 11.2. The van der Waals surface area contributed by atoms with Crippen molar-refractivity contribution in [2.75, 3.05) is 0 Å². The molecule has 2 heteroatoms. The third-order valence-corrected chi connectivity index (χ3v) is 1.96. The SMILES string of the molecule is C=C/C(=C(\C=C/C)C(C)C)C(C)(F)F.CC.CC.CC. The lowest BCUT2D eigenvalue weighted by molar-refractivity contribution is 0.0661. The van der Waals surface area contributed by atoms with Crippen LogP contribution < -0.4 is 0 Å². The molecule has 0 bridgehead atoms. The fourth-order valence-electron chi connectivity index (χ4n) is 1.32. The Hall–Kier alpha value is -0.920. The number of halogens is 2. The highest BCUT2D eigenvalue weighted by Crippen LogP contribution is 2.30. The number of hydrogen-bond acceptors (Lipinski definition) is 0. The van der Waals surface area contributed by atoms with Crippen LogP contribution in [0, 0.1) is 5.92 Å². The summed E-state index contributed by atoms with van der Waals surface area (Å²) in [6, 6.07) is 0. The Labute approximate surface area is 126 Å². The van der Waals surface area contributed by atoms with Crippen molar-refractivity contribution >= 4 is 0 Å². The van der Waals surface area contributed by atoms with Crippen LogP contribution in [0.25, 0.3) is 0 Å². The summed E-state index contributed by atoms with van der Waals surface area (Å²) in [7, 11) is 0. The molecule has 0 amide bonds. The Morgan fingerprint density at radius 1 is 1.00 bits per heavy atom. The molecule has 0 saturated carbocycles. The van der Waals surface area contributed by atoms with Gasteiger partial charge in [-0.2, -0.15) is 0 Å². The van der Waals surface area contributed by atoms with Gasteiger partial charge >= 0.3 is 0 Å². The van der Waals surface area contributed by atoms with Crippen molar-refractivity contribution in [2.24, 2.45) is 5.92 Å². The highest BCUT2D eigenvalue weighted by atomic mass is 19.3. The van der Waals surface area contributed by atoms with E-state index in [1.807, 2.05) is 62.3 Å². The maximum atomic E-state index is 13.2. The van der Waals surface area contributed by atoms with Gasteiger partial charge in [0.05, 0.1) is 0 Å². The summed E-state index contributed by atoms with van der Waals surface area (Å²) in [5.74, 6) is -2.74. The van der Waals surface area contributed by atoms with Crippen LogP contribution in [0.3, 0.4) is 0 Å². The molecule has 0 aliphatic carbocycles. The Bertz CT molecular complexity index is 253. The van der Waals surface area contributed by atoms with Crippen LogP contribution in [0.15, 0.2) is 36.0 Å². The third kappa shape index (κ3) is 13.5. The zero-order chi connectivity index (χ0) is 17.4. The van der Waals surface area contributed by atoms with Crippen LogP contribution in [0.2, 0.25) is 0 Å². The smallest absolute Gasteiger partial charge is 0.202 e. The standard InChI is InChI=1S/C12H18F2.3C2H6/c1-6-8-10(9(3)4)11(7-2)12(5,13)14;3*1-2/h6-9H,2H2,1,3-5H3;3*1-2H3/b8-6-,11-10-;;;. The van der Waals surface area contributed by atoms with Crippen LogP contribution in [-0.4, -0.2) is 5.92 Å². The molecule has 0 N–H and O–H groups in total. The van der Waals surface area contributed by atoms with Crippen LogP contribution in [0.1, 0.15) is 69.2 Å². The number of rotatable bonds is 4. The van der Waals surface area contributed by atoms with E-state index in [4.69, 9.17) is 0 Å². The first kappa shape index (κ1) is 27.4. The van der Waals surface area contributed by atoms with E-state index in [2.05, 4.69) is 6.58 Å². The first-order chi connectivity index (χ1) is 9.34. The zero-order valence-corrected chi connectivity index (χ0v) is 15.3. The largest absolute Gasteiger partial charge is 0.270 e. The van der Waals surface area contributed by atoms with Crippen molar-refractivity contribution < 1.29 is 8.78 Å². The minimum atomic E-state index is -2.82. The summed E-state index contributed by atoms with van der Waals surface area (Å²) in [5.41, 5.74) is 0.667. The van der Waals surface area contributed by atoms with Crippen molar-refractivity contribution in [3.63, 3.8) is 0 Å². The predicted molar refractivity (Wildman–Crippen MR) is 91.5 cm³/mol. The molecule has 0 rings (SSSR count). The molecule has 0 aromatic heterocycles. The highest BCUT2D eigenvalue weighted by molar-refractivity contribution is 5.37. The Balaban J connectivity index is -0.000000187. The second kappa shape index (κ2) is 18.1. The van der Waals surface area contributed by atoms with Gasteiger partial charge in [-0.15, -0.1) is 0 Å². The maximum Gasteiger partial charge on any atom is 0.270 e. The van der Waals surface area contributed by atoms with E-state index in [1.165, 1.54) is 6.08 Å². The van der Waals surface area contributed by atoms with Crippen molar-refractivity contribution in [1.82, 2.24) is 0 Å². The van der Waals surface area contributed by atoms with Gasteiger partial charge in [-0.3, -0.25) is 0 Å². The van der Waals surface area contributed by atoms with Crippen molar-refractivity contribution in [1.29, 1.82) is 0 Å². The molecule has 0 spiro atoms. The lowest BCUT2D eigenvalue weighted by atomic mass is 9.93. The van der Waals surface area contributed by atoms with Gasteiger partial charge in [-0.1, -0.05) is 80.2 Å². The van der Waals surface area contributed by atoms with E-state index in [0.717, 1.165) is 6.92 Å². The fourth-order valence-corrected chi connectivity index (χ4v) is 1.32. The molecule has 0 aromatic carbocycles. The van der Waals surface area contributed by atoms with Gasteiger partial charge in [-0.25, -0.2) is 8.78 Å². The summed E-state index contributed by atoms with van der Waals surface area (Å²) in [6.45, 7) is 21.9. The van der Waals surface area contributed by atoms with Crippen LogP contribution in [0.4, 0.5) is 8.78 Å². The lowest BCUT2D eigenvalue weighted by Crippen LogP contribution is -2.15. The van der Waals surface area contributed by atoms with Crippen LogP contribution in [0.5, 0.6) is 0 Å². The van der Waals surface area contributed by atoms with Crippen molar-refractivity contribution in [3.8, 4) is 0 Å². The third-order valence-electron chi connectivity index (χ3n) is 1.96. The quantitative estimate of drug-likeness (QED) is 0.472. The van der Waals surface area contributed by atoms with Gasteiger partial charge in [0, 0.05) is 12.5 Å². The van der Waals surface area contributed by atoms with Crippen molar-refractivity contribution in [3.05, 3.63) is 36.0 Å². The molecule has 20 heavy (non-hydrogen) atoms. The molecule has 0 heterocycles. The Morgan fingerprint density at radius 2 is 1.35 bits per heavy atom. The Kier molecular flexibility index (Phi) is 24.8. The molecule has 0 atom stereocenters. The van der Waals surface area contributed by atoms with Crippen LogP contribution >= 0.6 is 0 Å². The lowest BCUT2D eigenvalue weighted by Gasteiger charge is -2.18. The molecule has 0 unspecified atom stereocenters. The van der Waals surface area contributed by atoms with E-state index < -0.39 is 5.92 Å². The van der Waals surface area contributed by atoms with E-state index in [1.54, 1.807) is 12.2 Å². The molecular formula is C18H36F2. The summed E-state index contributed by atoms with van der Waals surface area (Å²) in [6.07, 6.45) is 4.74. The molecule has 122 valence electrons. The number of allylic oxidation sites excluding steroid dienone is 5. The average Bonchev–Trinajstić information content (AvgIpc) is 2.43. The summed E-state index contributed by atoms with van der Waals surface area (Å²) < 4.78 is 26.3. The molecule has 0 fully saturated rings. The van der Waals surface area contributed by atoms with Gasteiger partial charge in [0.2, 0.25) is 0 Å². The van der Waals surface area contributed by atoms with Gasteiger partial charge in [-0.05, 0) is 18.4 Å². The molecule has 0 radical (unpaired) electrons. The average molecular weight is 290 g/mol. The topological polar surface area (TPSA) is 0 Å². The molecule has 0 aliphatic heterocycles. The van der Waals surface area contributed by atoms with E-state index in [-0.39, 0.29) is 11.5 Å². The summed E-state index contributed by atoms with van der Waals surface area (Å²) in [5, 5.41) is 0. The first-order valence-corrected chi connectivity index (χ1v) is 7.72. The second-order valence-corrected chi connectivity index (χ2v) is 3.62. The van der Waals surface area contributed by atoms with E-state index in [0.29, 0.717) is 5.57 Å². The Morgan fingerprint density at radius 3 is 1.50 bits per heavy atom. The fraction of sp³-hybridized carbons (Fsp3) is 0.667. The van der Waals surface area contributed by atoms with Crippen LogP contribution in [-0.2, 0) is 0 Å². The molecular weight excluding hydrogens is 254 g/mol. The minimum Gasteiger partial charge on any atom is -0.202 e. The molecule has 0 aromatic rings. The van der Waals surface area contributed by atoms with Gasteiger partial charge in [0.15, 0.2) is 0 Å². The minimum absolute atomic E-state index is 0.0191. The summed E-state index contributed by atoms with van der Waals surface area (Å²) >= 11 is 0. The predicted octanol–water partition coefficient (Wildman–Crippen LogP) is 7.43.